The van der Waals surface area contributed by atoms with Gasteiger partial charge in [0.2, 0.25) is 0 Å². The van der Waals surface area contributed by atoms with E-state index in [0.717, 1.165) is 0 Å². The van der Waals surface area contributed by atoms with Gasteiger partial charge >= 0.3 is 0 Å². The van der Waals surface area contributed by atoms with Crippen LogP contribution in [-0.2, 0) is 9.59 Å². The molecule has 0 unspecified atom stereocenters. The molecule has 96 valence electrons. The highest BCUT2D eigenvalue weighted by Crippen LogP contribution is 2.73. The molecule has 3 fully saturated rings. The summed E-state index contributed by atoms with van der Waals surface area (Å²) in [6, 6.07) is 0. The topological polar surface area (TPSA) is 34.1 Å². The molecule has 2 nitrogen and oxygen atoms in total. The molecular formula is C14H14Cl2O2. The molecule has 3 rings (SSSR count). The van der Waals surface area contributed by atoms with E-state index in [4.69, 9.17) is 23.2 Å². The van der Waals surface area contributed by atoms with E-state index in [0.29, 0.717) is 0 Å². The average Bonchev–Trinajstić information content (AvgIpc) is 3.13. The lowest BCUT2D eigenvalue weighted by atomic mass is 9.97. The Bertz CT molecular complexity index is 464. The van der Waals surface area contributed by atoms with E-state index in [2.05, 4.69) is 0 Å². The van der Waals surface area contributed by atoms with Crippen LogP contribution in [0.5, 0.6) is 0 Å². The van der Waals surface area contributed by atoms with Crippen LogP contribution in [0.1, 0.15) is 13.8 Å². The average molecular weight is 285 g/mol. The van der Waals surface area contributed by atoms with Crippen LogP contribution in [0.15, 0.2) is 24.3 Å². The van der Waals surface area contributed by atoms with Crippen LogP contribution >= 0.6 is 23.2 Å². The lowest BCUT2D eigenvalue weighted by Crippen LogP contribution is -2.37. The van der Waals surface area contributed by atoms with E-state index in [1.54, 1.807) is 0 Å². The second kappa shape index (κ2) is 3.49. The smallest absolute Gasteiger partial charge is 0.161 e. The molecule has 0 aliphatic heterocycles. The van der Waals surface area contributed by atoms with Gasteiger partial charge < -0.3 is 0 Å². The molecule has 0 radical (unpaired) electrons. The second-order valence-electron chi connectivity index (χ2n) is 5.32. The number of carbonyl (C=O) groups is 2. The summed E-state index contributed by atoms with van der Waals surface area (Å²) in [6.07, 6.45) is 7.37. The lowest BCUT2D eigenvalue weighted by molar-refractivity contribution is -0.129. The number of alkyl halides is 2. The van der Waals surface area contributed by atoms with Crippen molar-refractivity contribution >= 4 is 34.8 Å². The minimum absolute atomic E-state index is 0.0463. The van der Waals surface area contributed by atoms with E-state index < -0.39 is 21.6 Å². The van der Waals surface area contributed by atoms with Crippen LogP contribution in [0.25, 0.3) is 0 Å². The number of ketones is 2. The van der Waals surface area contributed by atoms with Crippen LogP contribution in [0.3, 0.4) is 0 Å². The van der Waals surface area contributed by atoms with Crippen molar-refractivity contribution in [3.63, 3.8) is 0 Å². The number of carbonyl (C=O) groups excluding carboxylic acids is 2. The molecule has 0 N–H and O–H groups in total. The zero-order valence-electron chi connectivity index (χ0n) is 10.2. The fourth-order valence-electron chi connectivity index (χ4n) is 3.50. The first kappa shape index (κ1) is 12.4. The van der Waals surface area contributed by atoms with Crippen molar-refractivity contribution in [3.8, 4) is 0 Å². The summed E-state index contributed by atoms with van der Waals surface area (Å²) < 4.78 is 0. The number of rotatable bonds is 2. The summed E-state index contributed by atoms with van der Waals surface area (Å²) in [5, 5.41) is 0. The SMILES string of the molecule is C/C=C/[C@@H]1[C@H]2C(=O)[C@]3(Cl)[C@H](C(=O)[C@]12Cl)[C@@H]3/C=C/C. The number of hydrogen-bond acceptors (Lipinski definition) is 2. The first-order valence-corrected chi connectivity index (χ1v) is 6.93. The highest BCUT2D eigenvalue weighted by molar-refractivity contribution is 6.51. The number of allylic oxidation sites excluding steroid dienone is 4. The van der Waals surface area contributed by atoms with E-state index in [9.17, 15) is 9.59 Å². The zero-order valence-corrected chi connectivity index (χ0v) is 11.7. The molecule has 6 atom stereocenters. The molecule has 0 spiro atoms. The third-order valence-corrected chi connectivity index (χ3v) is 5.84. The molecule has 0 aromatic heterocycles. The Morgan fingerprint density at radius 1 is 0.889 bits per heavy atom. The van der Waals surface area contributed by atoms with Crippen molar-refractivity contribution in [3.05, 3.63) is 24.3 Å². The highest BCUT2D eigenvalue weighted by Gasteiger charge is 2.87. The largest absolute Gasteiger partial charge is 0.297 e. The Hall–Kier alpha value is -0.600. The number of halogens is 2. The summed E-state index contributed by atoms with van der Waals surface area (Å²) in [4.78, 5) is 22.8. The van der Waals surface area contributed by atoms with E-state index in [-0.39, 0.29) is 23.4 Å². The van der Waals surface area contributed by atoms with Crippen LogP contribution in [0.2, 0.25) is 0 Å². The Morgan fingerprint density at radius 2 is 1.22 bits per heavy atom. The Balaban J connectivity index is 1.99. The van der Waals surface area contributed by atoms with E-state index in [1.807, 2.05) is 38.2 Å². The molecule has 0 heterocycles. The van der Waals surface area contributed by atoms with Crippen molar-refractivity contribution in [2.75, 3.05) is 0 Å². The summed E-state index contributed by atoms with van der Waals surface area (Å²) in [6.45, 7) is 3.72. The van der Waals surface area contributed by atoms with Gasteiger partial charge in [0.15, 0.2) is 11.6 Å². The third kappa shape index (κ3) is 1.12. The van der Waals surface area contributed by atoms with Gasteiger partial charge in [-0.2, -0.15) is 0 Å². The van der Waals surface area contributed by atoms with Crippen LogP contribution < -0.4 is 0 Å². The predicted octanol–water partition coefficient (Wildman–Crippen LogP) is 2.74. The predicted molar refractivity (Wildman–Crippen MR) is 70.8 cm³/mol. The number of Topliss-reactive ketones (excluding diaryl/α,β-unsaturated/α-hetero) is 2. The van der Waals surface area contributed by atoms with E-state index >= 15 is 0 Å². The molecule has 18 heavy (non-hydrogen) atoms. The molecule has 3 saturated carbocycles. The summed E-state index contributed by atoms with van der Waals surface area (Å²) >= 11 is 12.8. The standard InChI is InChI=1S/C14H14Cl2O2/c1-3-5-7-9-11(17)14(16)8(6-4-2)10(14)12(18)13(7,9)15/h3-10H,1-2H3/b5-3+,6-4+/t7-,8+,9-,10-,13+,14-/m0/s1. The lowest BCUT2D eigenvalue weighted by Gasteiger charge is -2.16. The van der Waals surface area contributed by atoms with Gasteiger partial charge in [0.05, 0.1) is 11.8 Å². The Morgan fingerprint density at radius 3 is 1.50 bits per heavy atom. The maximum Gasteiger partial charge on any atom is 0.161 e. The normalized spacial score (nSPS) is 53.8. The Kier molecular flexibility index (Phi) is 2.41. The molecule has 0 aromatic rings. The Labute approximate surface area is 116 Å². The van der Waals surface area contributed by atoms with Gasteiger partial charge in [0.1, 0.15) is 9.75 Å². The molecule has 4 heteroatoms. The minimum Gasteiger partial charge on any atom is -0.297 e. The molecule has 0 aromatic carbocycles. The van der Waals surface area contributed by atoms with Crippen LogP contribution in [-0.4, -0.2) is 21.3 Å². The summed E-state index contributed by atoms with van der Waals surface area (Å²) in [7, 11) is 0. The quantitative estimate of drug-likeness (QED) is 0.577. The van der Waals surface area contributed by atoms with Gasteiger partial charge in [0.25, 0.3) is 0 Å². The maximum absolute atomic E-state index is 12.4. The van der Waals surface area contributed by atoms with Crippen molar-refractivity contribution in [1.82, 2.24) is 0 Å². The van der Waals surface area contributed by atoms with Crippen molar-refractivity contribution in [2.24, 2.45) is 23.7 Å². The van der Waals surface area contributed by atoms with E-state index in [1.165, 1.54) is 0 Å². The second-order valence-corrected chi connectivity index (χ2v) is 6.57. The number of hydrogen-bond donors (Lipinski definition) is 0. The monoisotopic (exact) mass is 284 g/mol. The molecule has 3 aliphatic rings. The molecule has 3 aliphatic carbocycles. The van der Waals surface area contributed by atoms with Crippen molar-refractivity contribution < 1.29 is 9.59 Å². The maximum atomic E-state index is 12.4. The summed E-state index contributed by atoms with van der Waals surface area (Å²) in [5.74, 6) is -1.28. The van der Waals surface area contributed by atoms with Crippen molar-refractivity contribution in [2.45, 2.75) is 23.6 Å². The van der Waals surface area contributed by atoms with Crippen LogP contribution in [0.4, 0.5) is 0 Å². The molecular weight excluding hydrogens is 271 g/mol. The fourth-order valence-corrected chi connectivity index (χ4v) is 4.48. The van der Waals surface area contributed by atoms with Crippen molar-refractivity contribution in [1.29, 1.82) is 0 Å². The molecule has 0 amide bonds. The number of fused-ring (bicyclic) bond motifs is 2. The minimum atomic E-state index is -1.01. The molecule has 0 bridgehead atoms. The fraction of sp³-hybridized carbons (Fsp3) is 0.571. The zero-order chi connectivity index (χ0) is 13.3. The third-order valence-electron chi connectivity index (χ3n) is 4.50. The highest BCUT2D eigenvalue weighted by atomic mass is 35.5. The summed E-state index contributed by atoms with van der Waals surface area (Å²) in [5.41, 5.74) is 0. The first-order chi connectivity index (χ1) is 8.45. The van der Waals surface area contributed by atoms with Gasteiger partial charge in [-0.3, -0.25) is 9.59 Å². The van der Waals surface area contributed by atoms with Gasteiger partial charge in [-0.05, 0) is 13.8 Å². The van der Waals surface area contributed by atoms with Gasteiger partial charge in [0, 0.05) is 11.8 Å². The first-order valence-electron chi connectivity index (χ1n) is 6.17. The van der Waals surface area contributed by atoms with Gasteiger partial charge in [-0.1, -0.05) is 24.3 Å². The van der Waals surface area contributed by atoms with Gasteiger partial charge in [-0.15, -0.1) is 23.2 Å². The molecule has 0 saturated heterocycles. The van der Waals surface area contributed by atoms with Crippen LogP contribution in [0, 0.1) is 23.7 Å². The van der Waals surface area contributed by atoms with Gasteiger partial charge in [-0.25, -0.2) is 0 Å².